The van der Waals surface area contributed by atoms with E-state index in [9.17, 15) is 20.1 Å². The van der Waals surface area contributed by atoms with Crippen molar-refractivity contribution in [3.63, 3.8) is 0 Å². The van der Waals surface area contributed by atoms with Gasteiger partial charge in [0.15, 0.2) is 6.29 Å². The van der Waals surface area contributed by atoms with E-state index in [1.54, 1.807) is 0 Å². The Kier molecular flexibility index (Phi) is 20.2. The third kappa shape index (κ3) is 13.4. The molecule has 348 valence electrons. The van der Waals surface area contributed by atoms with E-state index in [2.05, 4.69) is 91.0 Å². The third-order valence-corrected chi connectivity index (χ3v) is 17.0. The second kappa shape index (κ2) is 24.5. The minimum atomic E-state index is -1.45. The van der Waals surface area contributed by atoms with E-state index >= 15 is 0 Å². The maximum absolute atomic E-state index is 12.6. The summed E-state index contributed by atoms with van der Waals surface area (Å²) in [6.07, 6.45) is 33.8. The Morgan fingerprint density at radius 3 is 2.21 bits per heavy atom. The number of esters is 1. The van der Waals surface area contributed by atoms with Crippen LogP contribution in [-0.4, -0.2) is 64.7 Å². The summed E-state index contributed by atoms with van der Waals surface area (Å²) in [5.41, 5.74) is 2.12. The molecule has 7 heteroatoms. The fourth-order valence-corrected chi connectivity index (χ4v) is 12.6. The summed E-state index contributed by atoms with van der Waals surface area (Å²) in [4.78, 5) is 12.6. The fourth-order valence-electron chi connectivity index (χ4n) is 12.6. The topological polar surface area (TPSA) is 105 Å². The molecule has 0 spiro atoms. The number of unbranched alkanes of at least 4 members (excludes halogenated alkanes) is 7. The van der Waals surface area contributed by atoms with E-state index in [1.165, 1.54) is 69.8 Å². The van der Waals surface area contributed by atoms with Crippen LogP contribution in [-0.2, 0) is 19.0 Å². The zero-order chi connectivity index (χ0) is 44.0. The minimum Gasteiger partial charge on any atom is -0.463 e. The number of ether oxygens (including phenoxy) is 3. The number of carbonyl (C=O) groups is 1. The number of aliphatic hydroxyl groups excluding tert-OH is 3. The molecule has 0 aromatic rings. The van der Waals surface area contributed by atoms with E-state index < -0.39 is 30.7 Å². The highest BCUT2D eigenvalue weighted by molar-refractivity contribution is 5.69. The Labute approximate surface area is 372 Å². The Hall–Kier alpha value is -1.77. The van der Waals surface area contributed by atoms with E-state index in [0.29, 0.717) is 17.8 Å². The first-order valence-corrected chi connectivity index (χ1v) is 25.4. The van der Waals surface area contributed by atoms with Gasteiger partial charge in [0.1, 0.15) is 31.0 Å². The number of aliphatic hydroxyl groups is 3. The van der Waals surface area contributed by atoms with Gasteiger partial charge in [0.05, 0.1) is 6.10 Å². The molecular weight excluding hydrogens is 761 g/mol. The number of allylic oxidation sites excluding steroid dienone is 7. The molecule has 3 unspecified atom stereocenters. The molecule has 14 atom stereocenters. The summed E-state index contributed by atoms with van der Waals surface area (Å²) in [7, 11) is 0. The van der Waals surface area contributed by atoms with Gasteiger partial charge in [0.2, 0.25) is 0 Å². The van der Waals surface area contributed by atoms with Crippen molar-refractivity contribution in [2.45, 2.75) is 227 Å². The van der Waals surface area contributed by atoms with Gasteiger partial charge in [-0.25, -0.2) is 0 Å². The normalized spacial score (nSPS) is 36.3. The number of hydrogen-bond acceptors (Lipinski definition) is 7. The molecule has 1 heterocycles. The lowest BCUT2D eigenvalue weighted by molar-refractivity contribution is -0.313. The van der Waals surface area contributed by atoms with Crippen LogP contribution in [0.25, 0.3) is 0 Å². The van der Waals surface area contributed by atoms with Gasteiger partial charge in [-0.2, -0.15) is 0 Å². The average Bonchev–Trinajstić information content (AvgIpc) is 3.60. The molecule has 0 radical (unpaired) electrons. The molecule has 1 aliphatic heterocycles. The largest absolute Gasteiger partial charge is 0.463 e. The number of rotatable bonds is 24. The molecule has 3 saturated carbocycles. The van der Waals surface area contributed by atoms with Gasteiger partial charge in [-0.1, -0.05) is 142 Å². The highest BCUT2D eigenvalue weighted by Gasteiger charge is 2.59. The van der Waals surface area contributed by atoms with Crippen molar-refractivity contribution in [1.29, 1.82) is 0 Å². The second-order valence-corrected chi connectivity index (χ2v) is 21.3. The molecule has 61 heavy (non-hydrogen) atoms. The molecule has 5 aliphatic rings. The summed E-state index contributed by atoms with van der Waals surface area (Å²) >= 11 is 0. The molecular formula is C54H90O7. The van der Waals surface area contributed by atoms with Crippen LogP contribution in [0.2, 0.25) is 0 Å². The van der Waals surface area contributed by atoms with Crippen LogP contribution in [0.5, 0.6) is 0 Å². The number of hydrogen-bond donors (Lipinski definition) is 3. The van der Waals surface area contributed by atoms with Gasteiger partial charge in [-0.05, 0) is 142 Å². The molecule has 0 bridgehead atoms. The van der Waals surface area contributed by atoms with Crippen molar-refractivity contribution in [2.75, 3.05) is 6.61 Å². The van der Waals surface area contributed by atoms with E-state index in [4.69, 9.17) is 14.2 Å². The molecule has 4 aliphatic carbocycles. The minimum absolute atomic E-state index is 0.146. The molecule has 0 aromatic carbocycles. The lowest BCUT2D eigenvalue weighted by Crippen LogP contribution is -2.60. The first kappa shape index (κ1) is 50.2. The summed E-state index contributed by atoms with van der Waals surface area (Å²) in [6, 6.07) is 0. The highest BCUT2D eigenvalue weighted by Crippen LogP contribution is 2.67. The second-order valence-electron chi connectivity index (χ2n) is 21.3. The number of fused-ring (bicyclic) bond motifs is 5. The van der Waals surface area contributed by atoms with Gasteiger partial charge in [-0.15, -0.1) is 0 Å². The number of carbonyl (C=O) groups excluding carboxylic acids is 1. The van der Waals surface area contributed by atoms with Crippen molar-refractivity contribution in [3.05, 3.63) is 48.1 Å². The van der Waals surface area contributed by atoms with E-state index in [0.717, 1.165) is 106 Å². The first-order valence-electron chi connectivity index (χ1n) is 25.4. The Morgan fingerprint density at radius 1 is 0.803 bits per heavy atom. The van der Waals surface area contributed by atoms with Crippen molar-refractivity contribution < 1.29 is 34.3 Å². The molecule has 4 fully saturated rings. The van der Waals surface area contributed by atoms with E-state index in [1.807, 2.05) is 0 Å². The molecule has 0 aromatic heterocycles. The van der Waals surface area contributed by atoms with Crippen LogP contribution in [0, 0.1) is 52.3 Å². The Balaban J connectivity index is 0.996. The Bertz CT molecular complexity index is 1430. The smallest absolute Gasteiger partial charge is 0.305 e. The van der Waals surface area contributed by atoms with Gasteiger partial charge in [0, 0.05) is 6.42 Å². The molecule has 0 amide bonds. The SMILES string of the molecule is CC/C=C\C/C=C\C/C=C\CCCCCCCCCC(=O)OCC1O[C@@H](O[C@H]2CC[C@@]3(C)C(=CC[C@H]4[C@@H]5CC[C@H]([C@H](C)CC[C@@H](C)C(C)C)[C@@]5(C)CC[C@@H]43)C2)C(O)C(O)[C@@H]1O. The van der Waals surface area contributed by atoms with Crippen LogP contribution < -0.4 is 0 Å². The van der Waals surface area contributed by atoms with Crippen LogP contribution >= 0.6 is 0 Å². The molecule has 7 nitrogen and oxygen atoms in total. The summed E-state index contributed by atoms with van der Waals surface area (Å²) in [5, 5.41) is 32.5. The Morgan fingerprint density at radius 2 is 1.49 bits per heavy atom. The average molecular weight is 851 g/mol. The third-order valence-electron chi connectivity index (χ3n) is 17.0. The predicted octanol–water partition coefficient (Wildman–Crippen LogP) is 12.4. The van der Waals surface area contributed by atoms with Crippen LogP contribution in [0.15, 0.2) is 48.1 Å². The zero-order valence-corrected chi connectivity index (χ0v) is 39.8. The standard InChI is InChI=1S/C54H90O7/c1-8-9-10-11-12-13-14-15-16-17-18-19-20-21-22-23-24-25-48(55)59-37-47-49(56)50(57)51(58)52(61-47)60-42-32-34-53(6)41(36-42)28-29-43-45-31-30-44(54(45,7)35-33-46(43)53)40(5)27-26-39(4)38(2)3/h9-10,12-13,15-16,28,38-40,42-47,49-52,56-58H,8,11,14,17-27,29-37H2,1-7H3/b10-9-,13-12-,16-15-/t39-,40-,42+,43+,44-,45+,46+,47?,49-,50?,51?,52-,53+,54-/m1/s1. The van der Waals surface area contributed by atoms with Gasteiger partial charge in [-0.3, -0.25) is 4.79 Å². The van der Waals surface area contributed by atoms with Crippen molar-refractivity contribution in [2.24, 2.45) is 52.3 Å². The maximum Gasteiger partial charge on any atom is 0.305 e. The van der Waals surface area contributed by atoms with Crippen molar-refractivity contribution >= 4 is 5.97 Å². The predicted molar refractivity (Wildman–Crippen MR) is 249 cm³/mol. The van der Waals surface area contributed by atoms with Crippen molar-refractivity contribution in [3.8, 4) is 0 Å². The highest BCUT2D eigenvalue weighted by atomic mass is 16.7. The quantitative estimate of drug-likeness (QED) is 0.0504. The fraction of sp³-hybridized carbons (Fsp3) is 0.833. The zero-order valence-electron chi connectivity index (χ0n) is 39.8. The maximum atomic E-state index is 12.6. The lowest BCUT2D eigenvalue weighted by Gasteiger charge is -2.58. The summed E-state index contributed by atoms with van der Waals surface area (Å²) < 4.78 is 18.0. The van der Waals surface area contributed by atoms with Crippen LogP contribution in [0.1, 0.15) is 190 Å². The van der Waals surface area contributed by atoms with E-state index in [-0.39, 0.29) is 24.1 Å². The van der Waals surface area contributed by atoms with Gasteiger partial charge in [0.25, 0.3) is 0 Å². The van der Waals surface area contributed by atoms with Crippen LogP contribution in [0.3, 0.4) is 0 Å². The summed E-state index contributed by atoms with van der Waals surface area (Å²) in [6.45, 7) is 16.9. The van der Waals surface area contributed by atoms with Gasteiger partial charge < -0.3 is 29.5 Å². The first-order chi connectivity index (χ1) is 29.3. The summed E-state index contributed by atoms with van der Waals surface area (Å²) in [5.74, 6) is 5.13. The molecule has 5 rings (SSSR count). The monoisotopic (exact) mass is 851 g/mol. The molecule has 3 N–H and O–H groups in total. The molecule has 1 saturated heterocycles. The van der Waals surface area contributed by atoms with Crippen molar-refractivity contribution in [1.82, 2.24) is 0 Å². The van der Waals surface area contributed by atoms with Gasteiger partial charge >= 0.3 is 5.97 Å². The lowest BCUT2D eigenvalue weighted by atomic mass is 9.47. The van der Waals surface area contributed by atoms with Crippen LogP contribution in [0.4, 0.5) is 0 Å².